The number of para-hydroxylation sites is 1. The Bertz CT molecular complexity index is 3080. The van der Waals surface area contributed by atoms with Crippen molar-refractivity contribution in [1.82, 2.24) is 0 Å². The maximum Gasteiger partial charge on any atom is 0.139 e. The molecular weight excluding hydrogens is 703 g/mol. The van der Waals surface area contributed by atoms with Crippen LogP contribution < -0.4 is 4.90 Å². The number of hydrogen-bond donors (Lipinski definition) is 0. The van der Waals surface area contributed by atoms with E-state index >= 15 is 0 Å². The lowest BCUT2D eigenvalue weighted by molar-refractivity contribution is 0.568. The first-order valence-corrected chi connectivity index (χ1v) is 20.1. The topological polar surface area (TPSA) is 16.4 Å². The van der Waals surface area contributed by atoms with Crippen molar-refractivity contribution in [2.24, 2.45) is 0 Å². The molecule has 0 bridgehead atoms. The monoisotopic (exact) mass is 745 g/mol. The molecule has 0 radical (unpaired) electrons. The third-order valence-corrected chi connectivity index (χ3v) is 11.4. The second-order valence-electron chi connectivity index (χ2n) is 16.2. The van der Waals surface area contributed by atoms with Crippen LogP contribution in [0.5, 0.6) is 0 Å². The minimum Gasteiger partial charge on any atom is -0.456 e. The third-order valence-electron chi connectivity index (χ3n) is 11.4. The Labute approximate surface area is 340 Å². The van der Waals surface area contributed by atoms with Gasteiger partial charge < -0.3 is 9.32 Å². The molecule has 10 rings (SSSR count). The fourth-order valence-electron chi connectivity index (χ4n) is 8.62. The molecule has 58 heavy (non-hydrogen) atoms. The van der Waals surface area contributed by atoms with Crippen LogP contribution in [0.2, 0.25) is 0 Å². The second kappa shape index (κ2) is 14.4. The van der Waals surface area contributed by atoms with Crippen LogP contribution in [0.4, 0.5) is 17.1 Å². The first-order chi connectivity index (χ1) is 28.4. The second-order valence-corrected chi connectivity index (χ2v) is 16.2. The molecule has 0 aliphatic heterocycles. The van der Waals surface area contributed by atoms with Crippen LogP contribution in [0.3, 0.4) is 0 Å². The van der Waals surface area contributed by atoms with Crippen LogP contribution in [-0.2, 0) is 5.41 Å². The Morgan fingerprint density at radius 2 is 0.914 bits per heavy atom. The SMILES string of the molecule is CC(C)(C)c1c(-c2cccc(N(c3ccc(-c4ccc5c(ccc6ccccc65)c4)cc3)c3ccc(-c4ccccc4-c4ccccc4)cc3)c2)oc2ccccc12. The van der Waals surface area contributed by atoms with Gasteiger partial charge in [-0.3, -0.25) is 0 Å². The molecule has 0 aliphatic carbocycles. The summed E-state index contributed by atoms with van der Waals surface area (Å²) in [5, 5.41) is 6.23. The Morgan fingerprint density at radius 3 is 1.64 bits per heavy atom. The van der Waals surface area contributed by atoms with Crippen LogP contribution in [0, 0.1) is 0 Å². The van der Waals surface area contributed by atoms with Crippen molar-refractivity contribution in [1.29, 1.82) is 0 Å². The lowest BCUT2D eigenvalue weighted by atomic mass is 9.83. The molecule has 1 heterocycles. The van der Waals surface area contributed by atoms with E-state index in [1.165, 1.54) is 60.5 Å². The Kier molecular flexibility index (Phi) is 8.76. The standard InChI is InChI=1S/C56H43NO/c1-56(2,3)54-52-22-11-12-23-53(52)58-55(54)44-17-13-18-47(37-44)57(46-33-28-41(29-34-46)50-21-10-9-20-48(50)39-14-5-4-6-15-39)45-31-26-38(27-32-45)42-30-35-51-43(36-42)25-24-40-16-7-8-19-49(40)51/h4-37H,1-3H3. The minimum absolute atomic E-state index is 0.116. The van der Waals surface area contributed by atoms with E-state index in [1.807, 2.05) is 6.07 Å². The predicted molar refractivity (Wildman–Crippen MR) is 246 cm³/mol. The zero-order valence-electron chi connectivity index (χ0n) is 33.0. The summed E-state index contributed by atoms with van der Waals surface area (Å²) in [6.07, 6.45) is 0. The van der Waals surface area contributed by atoms with E-state index in [0.29, 0.717) is 0 Å². The van der Waals surface area contributed by atoms with E-state index in [-0.39, 0.29) is 5.41 Å². The molecular formula is C56H43NO. The quantitative estimate of drug-likeness (QED) is 0.151. The molecule has 2 heteroatoms. The molecule has 0 saturated heterocycles. The van der Waals surface area contributed by atoms with Gasteiger partial charge in [0.15, 0.2) is 0 Å². The fourth-order valence-corrected chi connectivity index (χ4v) is 8.62. The highest BCUT2D eigenvalue weighted by molar-refractivity contribution is 6.08. The number of nitrogens with zero attached hydrogens (tertiary/aromatic N) is 1. The Hall–Kier alpha value is -7.16. The van der Waals surface area contributed by atoms with Gasteiger partial charge in [0.25, 0.3) is 0 Å². The van der Waals surface area contributed by atoms with Gasteiger partial charge in [-0.05, 0) is 109 Å². The molecule has 0 saturated carbocycles. The zero-order valence-corrected chi connectivity index (χ0v) is 33.0. The average Bonchev–Trinajstić information content (AvgIpc) is 3.68. The van der Waals surface area contributed by atoms with E-state index in [2.05, 4.69) is 226 Å². The number of hydrogen-bond acceptors (Lipinski definition) is 2. The van der Waals surface area contributed by atoms with E-state index in [0.717, 1.165) is 39.4 Å². The van der Waals surface area contributed by atoms with Crippen molar-refractivity contribution >= 4 is 49.6 Å². The molecule has 0 aliphatic rings. The normalized spacial score (nSPS) is 11.7. The van der Waals surface area contributed by atoms with Gasteiger partial charge in [0.1, 0.15) is 11.3 Å². The lowest BCUT2D eigenvalue weighted by Crippen LogP contribution is -2.12. The molecule has 9 aromatic carbocycles. The molecule has 0 unspecified atom stereocenters. The molecule has 0 atom stereocenters. The molecule has 1 aromatic heterocycles. The van der Waals surface area contributed by atoms with Gasteiger partial charge in [-0.25, -0.2) is 0 Å². The van der Waals surface area contributed by atoms with Gasteiger partial charge in [0.05, 0.1) is 0 Å². The maximum absolute atomic E-state index is 6.67. The summed E-state index contributed by atoms with van der Waals surface area (Å²) in [7, 11) is 0. The third kappa shape index (κ3) is 6.43. The van der Waals surface area contributed by atoms with Gasteiger partial charge in [0.2, 0.25) is 0 Å². The average molecular weight is 746 g/mol. The Balaban J connectivity index is 1.07. The van der Waals surface area contributed by atoms with E-state index < -0.39 is 0 Å². The number of fused-ring (bicyclic) bond motifs is 4. The largest absolute Gasteiger partial charge is 0.456 e. The summed E-state index contributed by atoms with van der Waals surface area (Å²) in [5.74, 6) is 0.919. The van der Waals surface area contributed by atoms with Crippen molar-refractivity contribution in [2.45, 2.75) is 26.2 Å². The fraction of sp³-hybridized carbons (Fsp3) is 0.0714. The highest BCUT2D eigenvalue weighted by atomic mass is 16.3. The summed E-state index contributed by atoms with van der Waals surface area (Å²) < 4.78 is 6.67. The first kappa shape index (κ1) is 35.3. The minimum atomic E-state index is -0.116. The highest BCUT2D eigenvalue weighted by Crippen LogP contribution is 2.44. The number of rotatable bonds is 7. The smallest absolute Gasteiger partial charge is 0.139 e. The predicted octanol–water partition coefficient (Wildman–Crippen LogP) is 16.2. The van der Waals surface area contributed by atoms with Crippen LogP contribution in [0.15, 0.2) is 211 Å². The lowest BCUT2D eigenvalue weighted by Gasteiger charge is -2.27. The van der Waals surface area contributed by atoms with Crippen LogP contribution in [0.25, 0.3) is 77.2 Å². The molecule has 10 aromatic rings. The van der Waals surface area contributed by atoms with Crippen molar-refractivity contribution in [3.8, 4) is 44.7 Å². The van der Waals surface area contributed by atoms with Crippen molar-refractivity contribution in [2.75, 3.05) is 4.90 Å². The van der Waals surface area contributed by atoms with Crippen molar-refractivity contribution in [3.05, 3.63) is 212 Å². The van der Waals surface area contributed by atoms with Gasteiger partial charge in [0, 0.05) is 33.6 Å². The van der Waals surface area contributed by atoms with Gasteiger partial charge in [-0.15, -0.1) is 0 Å². The van der Waals surface area contributed by atoms with Gasteiger partial charge in [-0.1, -0.05) is 178 Å². The molecule has 2 nitrogen and oxygen atoms in total. The number of anilines is 3. The number of furan rings is 1. The van der Waals surface area contributed by atoms with E-state index in [4.69, 9.17) is 4.42 Å². The molecule has 0 N–H and O–H groups in total. The highest BCUT2D eigenvalue weighted by Gasteiger charge is 2.27. The zero-order chi connectivity index (χ0) is 39.2. The number of benzene rings is 9. The summed E-state index contributed by atoms with van der Waals surface area (Å²) in [6, 6.07) is 74.3. The molecule has 0 fully saturated rings. The van der Waals surface area contributed by atoms with Crippen molar-refractivity contribution < 1.29 is 4.42 Å². The van der Waals surface area contributed by atoms with E-state index in [9.17, 15) is 0 Å². The van der Waals surface area contributed by atoms with E-state index in [1.54, 1.807) is 0 Å². The Morgan fingerprint density at radius 1 is 0.362 bits per heavy atom. The summed E-state index contributed by atoms with van der Waals surface area (Å²) >= 11 is 0. The molecule has 0 amide bonds. The van der Waals surface area contributed by atoms with Gasteiger partial charge >= 0.3 is 0 Å². The van der Waals surface area contributed by atoms with Crippen LogP contribution in [0.1, 0.15) is 26.3 Å². The summed E-state index contributed by atoms with van der Waals surface area (Å²) in [4.78, 5) is 2.35. The molecule has 278 valence electrons. The van der Waals surface area contributed by atoms with Gasteiger partial charge in [-0.2, -0.15) is 0 Å². The maximum atomic E-state index is 6.67. The summed E-state index contributed by atoms with van der Waals surface area (Å²) in [6.45, 7) is 6.79. The first-order valence-electron chi connectivity index (χ1n) is 20.1. The molecule has 0 spiro atoms. The summed E-state index contributed by atoms with van der Waals surface area (Å²) in [5.41, 5.74) is 13.5. The van der Waals surface area contributed by atoms with Crippen molar-refractivity contribution in [3.63, 3.8) is 0 Å². The van der Waals surface area contributed by atoms with Crippen LogP contribution >= 0.6 is 0 Å². The van der Waals surface area contributed by atoms with Crippen LogP contribution in [-0.4, -0.2) is 0 Å².